The van der Waals surface area contributed by atoms with Crippen LogP contribution in [-0.2, 0) is 0 Å². The SMILES string of the molecule is Cc1ccc(Oc2ccc(F)c(Cl)c2)cc1. The summed E-state index contributed by atoms with van der Waals surface area (Å²) < 4.78 is 18.4. The topological polar surface area (TPSA) is 9.23 Å². The molecule has 2 aromatic rings. The van der Waals surface area contributed by atoms with E-state index in [2.05, 4.69) is 0 Å². The van der Waals surface area contributed by atoms with Gasteiger partial charge in [0.25, 0.3) is 0 Å². The molecule has 0 aliphatic heterocycles. The zero-order chi connectivity index (χ0) is 11.5. The second kappa shape index (κ2) is 4.54. The van der Waals surface area contributed by atoms with E-state index in [9.17, 15) is 4.39 Å². The Hall–Kier alpha value is -1.54. The summed E-state index contributed by atoms with van der Waals surface area (Å²) in [6, 6.07) is 11.9. The molecule has 3 heteroatoms. The highest BCUT2D eigenvalue weighted by atomic mass is 35.5. The first-order chi connectivity index (χ1) is 7.65. The maximum atomic E-state index is 12.9. The van der Waals surface area contributed by atoms with Gasteiger partial charge in [-0.15, -0.1) is 0 Å². The standard InChI is InChI=1S/C13H10ClFO/c1-9-2-4-10(5-3-9)16-11-6-7-13(15)12(14)8-11/h2-8H,1H3. The zero-order valence-corrected chi connectivity index (χ0v) is 9.46. The zero-order valence-electron chi connectivity index (χ0n) is 8.71. The van der Waals surface area contributed by atoms with Crippen LogP contribution in [0, 0.1) is 12.7 Å². The lowest BCUT2D eigenvalue weighted by Crippen LogP contribution is -1.85. The third-order valence-electron chi connectivity index (χ3n) is 2.15. The molecule has 0 aliphatic rings. The number of aryl methyl sites for hydroxylation is 1. The average Bonchev–Trinajstić information content (AvgIpc) is 2.27. The van der Waals surface area contributed by atoms with Gasteiger partial charge in [0, 0.05) is 6.07 Å². The third-order valence-corrected chi connectivity index (χ3v) is 2.44. The Labute approximate surface area is 98.4 Å². The van der Waals surface area contributed by atoms with Crippen LogP contribution in [0.4, 0.5) is 4.39 Å². The molecule has 0 heterocycles. The van der Waals surface area contributed by atoms with Crippen LogP contribution in [0.3, 0.4) is 0 Å². The van der Waals surface area contributed by atoms with Crippen molar-refractivity contribution >= 4 is 11.6 Å². The van der Waals surface area contributed by atoms with Crippen LogP contribution in [0.25, 0.3) is 0 Å². The Kier molecular flexibility index (Phi) is 3.11. The van der Waals surface area contributed by atoms with Crippen LogP contribution in [0.5, 0.6) is 11.5 Å². The lowest BCUT2D eigenvalue weighted by Gasteiger charge is -2.06. The molecular weight excluding hydrogens is 227 g/mol. The number of rotatable bonds is 2. The number of hydrogen-bond donors (Lipinski definition) is 0. The second-order valence-electron chi connectivity index (χ2n) is 3.49. The summed E-state index contributed by atoms with van der Waals surface area (Å²) in [7, 11) is 0. The Bertz CT molecular complexity index is 494. The third kappa shape index (κ3) is 2.52. The molecule has 0 fully saturated rings. The summed E-state index contributed by atoms with van der Waals surface area (Å²) >= 11 is 5.65. The van der Waals surface area contributed by atoms with Crippen molar-refractivity contribution in [3.63, 3.8) is 0 Å². The van der Waals surface area contributed by atoms with Gasteiger partial charge in [-0.1, -0.05) is 29.3 Å². The van der Waals surface area contributed by atoms with Crippen molar-refractivity contribution in [3.8, 4) is 11.5 Å². The monoisotopic (exact) mass is 236 g/mol. The summed E-state index contributed by atoms with van der Waals surface area (Å²) in [5.41, 5.74) is 1.16. The smallest absolute Gasteiger partial charge is 0.142 e. The van der Waals surface area contributed by atoms with Crippen molar-refractivity contribution < 1.29 is 9.13 Å². The van der Waals surface area contributed by atoms with Crippen molar-refractivity contribution in [3.05, 3.63) is 58.9 Å². The molecule has 0 amide bonds. The molecule has 0 saturated carbocycles. The van der Waals surface area contributed by atoms with Crippen LogP contribution in [0.2, 0.25) is 5.02 Å². The molecule has 16 heavy (non-hydrogen) atoms. The Morgan fingerprint density at radius 2 is 1.62 bits per heavy atom. The molecule has 2 rings (SSSR count). The summed E-state index contributed by atoms with van der Waals surface area (Å²) in [5.74, 6) is 0.779. The molecule has 1 nitrogen and oxygen atoms in total. The quantitative estimate of drug-likeness (QED) is 0.742. The summed E-state index contributed by atoms with van der Waals surface area (Å²) in [4.78, 5) is 0. The predicted octanol–water partition coefficient (Wildman–Crippen LogP) is 4.58. The van der Waals surface area contributed by atoms with Crippen LogP contribution in [-0.4, -0.2) is 0 Å². The molecule has 0 saturated heterocycles. The maximum absolute atomic E-state index is 12.9. The van der Waals surface area contributed by atoms with E-state index in [0.717, 1.165) is 5.56 Å². The van der Waals surface area contributed by atoms with Gasteiger partial charge in [-0.25, -0.2) is 4.39 Å². The summed E-state index contributed by atoms with van der Waals surface area (Å²) in [5, 5.41) is 0.0598. The van der Waals surface area contributed by atoms with E-state index in [0.29, 0.717) is 11.5 Å². The highest BCUT2D eigenvalue weighted by Crippen LogP contribution is 2.26. The van der Waals surface area contributed by atoms with E-state index in [1.54, 1.807) is 6.07 Å². The second-order valence-corrected chi connectivity index (χ2v) is 3.90. The molecule has 0 radical (unpaired) electrons. The first kappa shape index (κ1) is 11.0. The van der Waals surface area contributed by atoms with E-state index in [-0.39, 0.29) is 5.02 Å². The van der Waals surface area contributed by atoms with Gasteiger partial charge >= 0.3 is 0 Å². The fraction of sp³-hybridized carbons (Fsp3) is 0.0769. The molecule has 82 valence electrons. The Morgan fingerprint density at radius 1 is 1.00 bits per heavy atom. The number of benzene rings is 2. The van der Waals surface area contributed by atoms with Crippen LogP contribution in [0.1, 0.15) is 5.56 Å². The lowest BCUT2D eigenvalue weighted by molar-refractivity contribution is 0.480. The Balaban J connectivity index is 2.20. The highest BCUT2D eigenvalue weighted by Gasteiger charge is 2.02. The van der Waals surface area contributed by atoms with E-state index in [1.165, 1.54) is 12.1 Å². The summed E-state index contributed by atoms with van der Waals surface area (Å²) in [6.07, 6.45) is 0. The van der Waals surface area contributed by atoms with Crippen LogP contribution in [0.15, 0.2) is 42.5 Å². The molecule has 0 bridgehead atoms. The molecule has 0 unspecified atom stereocenters. The lowest BCUT2D eigenvalue weighted by atomic mass is 10.2. The fourth-order valence-corrected chi connectivity index (χ4v) is 1.45. The molecule has 2 aromatic carbocycles. The van der Waals surface area contributed by atoms with Crippen LogP contribution < -0.4 is 4.74 Å². The van der Waals surface area contributed by atoms with Gasteiger partial charge in [0.15, 0.2) is 0 Å². The van der Waals surface area contributed by atoms with Crippen molar-refractivity contribution in [1.29, 1.82) is 0 Å². The Morgan fingerprint density at radius 3 is 2.25 bits per heavy atom. The predicted molar refractivity (Wildman–Crippen MR) is 62.7 cm³/mol. The highest BCUT2D eigenvalue weighted by molar-refractivity contribution is 6.30. The van der Waals surface area contributed by atoms with E-state index < -0.39 is 5.82 Å². The number of ether oxygens (including phenoxy) is 1. The van der Waals surface area contributed by atoms with E-state index >= 15 is 0 Å². The minimum atomic E-state index is -0.446. The maximum Gasteiger partial charge on any atom is 0.142 e. The van der Waals surface area contributed by atoms with Crippen molar-refractivity contribution in [2.45, 2.75) is 6.92 Å². The fourth-order valence-electron chi connectivity index (χ4n) is 1.28. The van der Waals surface area contributed by atoms with Crippen molar-refractivity contribution in [2.24, 2.45) is 0 Å². The van der Waals surface area contributed by atoms with Gasteiger partial charge in [0.2, 0.25) is 0 Å². The molecular formula is C13H10ClFO. The molecule has 0 aliphatic carbocycles. The van der Waals surface area contributed by atoms with Gasteiger partial charge in [-0.05, 0) is 31.2 Å². The minimum Gasteiger partial charge on any atom is -0.457 e. The molecule has 0 spiro atoms. The van der Waals surface area contributed by atoms with E-state index in [1.807, 2.05) is 31.2 Å². The first-order valence-electron chi connectivity index (χ1n) is 4.85. The van der Waals surface area contributed by atoms with Crippen molar-refractivity contribution in [2.75, 3.05) is 0 Å². The van der Waals surface area contributed by atoms with Crippen LogP contribution >= 0.6 is 11.6 Å². The summed E-state index contributed by atoms with van der Waals surface area (Å²) in [6.45, 7) is 2.00. The van der Waals surface area contributed by atoms with Gasteiger partial charge in [0.1, 0.15) is 17.3 Å². The molecule has 0 aromatic heterocycles. The van der Waals surface area contributed by atoms with Crippen molar-refractivity contribution in [1.82, 2.24) is 0 Å². The van der Waals surface area contributed by atoms with Gasteiger partial charge < -0.3 is 4.74 Å². The number of halogens is 2. The normalized spacial score (nSPS) is 10.2. The first-order valence-corrected chi connectivity index (χ1v) is 5.22. The van der Waals surface area contributed by atoms with Gasteiger partial charge in [0.05, 0.1) is 5.02 Å². The average molecular weight is 237 g/mol. The number of hydrogen-bond acceptors (Lipinski definition) is 1. The van der Waals surface area contributed by atoms with Gasteiger partial charge in [-0.3, -0.25) is 0 Å². The largest absolute Gasteiger partial charge is 0.457 e. The minimum absolute atomic E-state index is 0.0598. The van der Waals surface area contributed by atoms with E-state index in [4.69, 9.17) is 16.3 Å². The molecule has 0 N–H and O–H groups in total. The molecule has 0 atom stereocenters. The van der Waals surface area contributed by atoms with Gasteiger partial charge in [-0.2, -0.15) is 0 Å².